The van der Waals surface area contributed by atoms with Crippen molar-refractivity contribution >= 4 is 0 Å². The normalized spacial score (nSPS) is 29.9. The third-order valence-electron chi connectivity index (χ3n) is 5.63. The molecule has 130 valence electrons. The van der Waals surface area contributed by atoms with Crippen LogP contribution in [-0.4, -0.2) is 47.3 Å². The molecule has 0 bridgehead atoms. The van der Waals surface area contributed by atoms with Crippen LogP contribution in [0.2, 0.25) is 0 Å². The number of hydrogen-bond donors (Lipinski definition) is 2. The van der Waals surface area contributed by atoms with Gasteiger partial charge in [0.05, 0.1) is 6.10 Å². The topological polar surface area (TPSA) is 35.5 Å². The maximum absolute atomic E-state index is 10.2. The summed E-state index contributed by atoms with van der Waals surface area (Å²) in [5, 5.41) is 14.1. The minimum absolute atomic E-state index is 0.0757. The molecule has 22 heavy (non-hydrogen) atoms. The zero-order valence-corrected chi connectivity index (χ0v) is 15.1. The second-order valence-corrected chi connectivity index (χ2v) is 8.12. The van der Waals surface area contributed by atoms with Crippen molar-refractivity contribution in [1.82, 2.24) is 10.2 Å². The molecule has 0 aromatic rings. The molecule has 2 N–H and O–H groups in total. The highest BCUT2D eigenvalue weighted by Crippen LogP contribution is 2.26. The molecule has 3 atom stereocenters. The standard InChI is InChI=1S/C19H38N2O/c1-15(2)7-6-8-16(3)20-17-11-13-21(14-12-17)18-9-4-5-10-19(18)22/h15-20,22H,4-14H2,1-3H3. The van der Waals surface area contributed by atoms with E-state index in [-0.39, 0.29) is 6.10 Å². The molecule has 3 nitrogen and oxygen atoms in total. The van der Waals surface area contributed by atoms with Crippen LogP contribution in [0.4, 0.5) is 0 Å². The number of nitrogens with zero attached hydrogens (tertiary/aromatic N) is 1. The first-order chi connectivity index (χ1) is 10.6. The van der Waals surface area contributed by atoms with E-state index in [2.05, 4.69) is 31.0 Å². The van der Waals surface area contributed by atoms with Crippen LogP contribution >= 0.6 is 0 Å². The van der Waals surface area contributed by atoms with E-state index in [9.17, 15) is 5.11 Å². The van der Waals surface area contributed by atoms with Gasteiger partial charge in [0.2, 0.25) is 0 Å². The molecular formula is C19H38N2O. The number of aliphatic hydroxyl groups is 1. The van der Waals surface area contributed by atoms with Crippen molar-refractivity contribution < 1.29 is 5.11 Å². The highest BCUT2D eigenvalue weighted by Gasteiger charge is 2.31. The molecule has 3 unspecified atom stereocenters. The number of aliphatic hydroxyl groups excluding tert-OH is 1. The van der Waals surface area contributed by atoms with Crippen LogP contribution < -0.4 is 5.32 Å². The number of likely N-dealkylation sites (tertiary alicyclic amines) is 1. The molecule has 0 amide bonds. The first-order valence-electron chi connectivity index (χ1n) is 9.74. The Morgan fingerprint density at radius 2 is 1.68 bits per heavy atom. The average Bonchev–Trinajstić information content (AvgIpc) is 2.48. The molecule has 2 rings (SSSR count). The minimum Gasteiger partial charge on any atom is -0.391 e. The van der Waals surface area contributed by atoms with Gasteiger partial charge in [-0.25, -0.2) is 0 Å². The van der Waals surface area contributed by atoms with Gasteiger partial charge in [-0.3, -0.25) is 4.90 Å². The zero-order valence-electron chi connectivity index (χ0n) is 15.1. The van der Waals surface area contributed by atoms with Crippen LogP contribution in [0.3, 0.4) is 0 Å². The summed E-state index contributed by atoms with van der Waals surface area (Å²) in [4.78, 5) is 2.56. The van der Waals surface area contributed by atoms with Crippen LogP contribution in [-0.2, 0) is 0 Å². The van der Waals surface area contributed by atoms with Crippen molar-refractivity contribution in [2.24, 2.45) is 5.92 Å². The molecule has 0 radical (unpaired) electrons. The molecular weight excluding hydrogens is 272 g/mol. The van der Waals surface area contributed by atoms with Gasteiger partial charge in [0, 0.05) is 31.2 Å². The largest absolute Gasteiger partial charge is 0.391 e. The molecule has 1 saturated heterocycles. The fourth-order valence-corrected chi connectivity index (χ4v) is 4.23. The fourth-order valence-electron chi connectivity index (χ4n) is 4.23. The predicted molar refractivity (Wildman–Crippen MR) is 94.1 cm³/mol. The van der Waals surface area contributed by atoms with Gasteiger partial charge in [-0.15, -0.1) is 0 Å². The van der Waals surface area contributed by atoms with Gasteiger partial charge in [0.1, 0.15) is 0 Å². The average molecular weight is 311 g/mol. The summed E-state index contributed by atoms with van der Waals surface area (Å²) >= 11 is 0. The number of rotatable bonds is 7. The Morgan fingerprint density at radius 3 is 2.32 bits per heavy atom. The Kier molecular flexibility index (Phi) is 7.66. The van der Waals surface area contributed by atoms with Gasteiger partial charge in [0.15, 0.2) is 0 Å². The summed E-state index contributed by atoms with van der Waals surface area (Å²) < 4.78 is 0. The molecule has 0 aromatic heterocycles. The number of nitrogens with one attached hydrogen (secondary N) is 1. The highest BCUT2D eigenvalue weighted by atomic mass is 16.3. The summed E-state index contributed by atoms with van der Waals surface area (Å²) in [6.07, 6.45) is 11.1. The van der Waals surface area contributed by atoms with E-state index in [0.717, 1.165) is 25.4 Å². The highest BCUT2D eigenvalue weighted by molar-refractivity contribution is 4.88. The van der Waals surface area contributed by atoms with Crippen LogP contribution in [0.15, 0.2) is 0 Å². The summed E-state index contributed by atoms with van der Waals surface area (Å²) in [5.41, 5.74) is 0. The Hall–Kier alpha value is -0.120. The van der Waals surface area contributed by atoms with Gasteiger partial charge in [-0.05, 0) is 44.9 Å². The zero-order chi connectivity index (χ0) is 15.9. The van der Waals surface area contributed by atoms with E-state index < -0.39 is 0 Å². The molecule has 3 heteroatoms. The number of hydrogen-bond acceptors (Lipinski definition) is 3. The molecule has 1 aliphatic heterocycles. The summed E-state index contributed by atoms with van der Waals surface area (Å²) in [6.45, 7) is 9.30. The van der Waals surface area contributed by atoms with Crippen LogP contribution in [0.1, 0.15) is 78.6 Å². The molecule has 0 aromatic carbocycles. The monoisotopic (exact) mass is 310 g/mol. The second kappa shape index (κ2) is 9.24. The van der Waals surface area contributed by atoms with E-state index in [1.165, 1.54) is 51.4 Å². The van der Waals surface area contributed by atoms with E-state index in [1.54, 1.807) is 0 Å². The van der Waals surface area contributed by atoms with Crippen molar-refractivity contribution in [2.75, 3.05) is 13.1 Å². The smallest absolute Gasteiger partial charge is 0.0695 e. The predicted octanol–water partition coefficient (Wildman–Crippen LogP) is 3.56. The lowest BCUT2D eigenvalue weighted by atomic mass is 9.89. The maximum atomic E-state index is 10.2. The quantitative estimate of drug-likeness (QED) is 0.755. The molecule has 0 spiro atoms. The van der Waals surface area contributed by atoms with Crippen LogP contribution in [0.25, 0.3) is 0 Å². The molecule has 1 saturated carbocycles. The van der Waals surface area contributed by atoms with Gasteiger partial charge in [-0.2, -0.15) is 0 Å². The Morgan fingerprint density at radius 1 is 1.00 bits per heavy atom. The molecule has 1 aliphatic carbocycles. The van der Waals surface area contributed by atoms with Crippen molar-refractivity contribution in [3.8, 4) is 0 Å². The molecule has 1 heterocycles. The van der Waals surface area contributed by atoms with Crippen molar-refractivity contribution in [2.45, 2.75) is 103 Å². The third kappa shape index (κ3) is 5.82. The van der Waals surface area contributed by atoms with Crippen molar-refractivity contribution in [3.05, 3.63) is 0 Å². The Balaban J connectivity index is 1.64. The molecule has 2 aliphatic rings. The lowest BCUT2D eigenvalue weighted by Crippen LogP contribution is -2.52. The van der Waals surface area contributed by atoms with E-state index in [0.29, 0.717) is 18.1 Å². The SMILES string of the molecule is CC(C)CCCC(C)NC1CCN(C2CCCCC2O)CC1. The van der Waals surface area contributed by atoms with Gasteiger partial charge in [0.25, 0.3) is 0 Å². The lowest BCUT2D eigenvalue weighted by molar-refractivity contribution is 0.00665. The summed E-state index contributed by atoms with van der Waals surface area (Å²) in [7, 11) is 0. The molecule has 2 fully saturated rings. The Labute approximate surface area is 137 Å². The minimum atomic E-state index is -0.0757. The summed E-state index contributed by atoms with van der Waals surface area (Å²) in [6, 6.07) is 1.78. The van der Waals surface area contributed by atoms with Gasteiger partial charge < -0.3 is 10.4 Å². The maximum Gasteiger partial charge on any atom is 0.0695 e. The first-order valence-corrected chi connectivity index (χ1v) is 9.74. The van der Waals surface area contributed by atoms with Crippen molar-refractivity contribution in [1.29, 1.82) is 0 Å². The van der Waals surface area contributed by atoms with Crippen LogP contribution in [0, 0.1) is 5.92 Å². The fraction of sp³-hybridized carbons (Fsp3) is 1.00. The van der Waals surface area contributed by atoms with E-state index in [4.69, 9.17) is 0 Å². The van der Waals surface area contributed by atoms with E-state index in [1.807, 2.05) is 0 Å². The number of piperidine rings is 1. The Bertz CT molecular complexity index is 300. The third-order valence-corrected chi connectivity index (χ3v) is 5.63. The first kappa shape index (κ1) is 18.2. The van der Waals surface area contributed by atoms with Gasteiger partial charge in [-0.1, -0.05) is 39.5 Å². The van der Waals surface area contributed by atoms with Crippen molar-refractivity contribution in [3.63, 3.8) is 0 Å². The summed E-state index contributed by atoms with van der Waals surface area (Å²) in [5.74, 6) is 0.831. The van der Waals surface area contributed by atoms with Crippen LogP contribution in [0.5, 0.6) is 0 Å². The lowest BCUT2D eigenvalue weighted by Gasteiger charge is -2.42. The second-order valence-electron chi connectivity index (χ2n) is 8.12. The van der Waals surface area contributed by atoms with E-state index >= 15 is 0 Å². The van der Waals surface area contributed by atoms with Gasteiger partial charge >= 0.3 is 0 Å².